The summed E-state index contributed by atoms with van der Waals surface area (Å²) < 4.78 is 5.85. The highest BCUT2D eigenvalue weighted by atomic mass is 16.5. The third-order valence-corrected chi connectivity index (χ3v) is 6.67. The van der Waals surface area contributed by atoms with Gasteiger partial charge in [-0.3, -0.25) is 0 Å². The van der Waals surface area contributed by atoms with Crippen LogP contribution in [0.5, 0.6) is 0 Å². The van der Waals surface area contributed by atoms with Crippen LogP contribution in [0.3, 0.4) is 0 Å². The smallest absolute Gasteiger partial charge is 0.315 e. The third-order valence-electron chi connectivity index (χ3n) is 6.67. The van der Waals surface area contributed by atoms with Gasteiger partial charge in [-0.15, -0.1) is 0 Å². The van der Waals surface area contributed by atoms with Crippen molar-refractivity contribution in [3.63, 3.8) is 0 Å². The van der Waals surface area contributed by atoms with E-state index in [4.69, 9.17) is 4.74 Å². The monoisotopic (exact) mass is 321 g/mol. The molecule has 130 valence electrons. The van der Waals surface area contributed by atoms with Crippen LogP contribution in [0.15, 0.2) is 0 Å². The number of urea groups is 1. The van der Waals surface area contributed by atoms with Gasteiger partial charge in [0, 0.05) is 37.2 Å². The Labute approximate surface area is 139 Å². The Balaban J connectivity index is 1.19. The fraction of sp³-hybridized carbons (Fsp3) is 0.944. The van der Waals surface area contributed by atoms with Crippen molar-refractivity contribution >= 4 is 6.03 Å². The molecule has 1 spiro atoms. The van der Waals surface area contributed by atoms with Gasteiger partial charge in [-0.2, -0.15) is 0 Å². The van der Waals surface area contributed by atoms with Crippen molar-refractivity contribution in [1.29, 1.82) is 0 Å². The van der Waals surface area contributed by atoms with E-state index in [1.54, 1.807) is 0 Å². The summed E-state index contributed by atoms with van der Waals surface area (Å²) in [5.74, 6) is 0.636. The third kappa shape index (κ3) is 2.98. The van der Waals surface area contributed by atoms with Crippen LogP contribution < -0.4 is 10.6 Å². The number of amides is 2. The maximum Gasteiger partial charge on any atom is 0.315 e. The van der Waals surface area contributed by atoms with Gasteiger partial charge in [0.15, 0.2) is 0 Å². The van der Waals surface area contributed by atoms with Crippen molar-refractivity contribution in [3.8, 4) is 0 Å². The van der Waals surface area contributed by atoms with Crippen molar-refractivity contribution in [2.75, 3.05) is 26.2 Å². The molecule has 1 aliphatic heterocycles. The van der Waals surface area contributed by atoms with Crippen molar-refractivity contribution < 1.29 is 9.53 Å². The van der Waals surface area contributed by atoms with Gasteiger partial charge < -0.3 is 20.3 Å². The SMILES string of the molecule is CCO[C@@H]1C[C@H](NC(=O)NC[C@@H]2CCN(C3CC3)C2)C12CCC2. The summed E-state index contributed by atoms with van der Waals surface area (Å²) in [6.07, 6.45) is 9.05. The molecule has 0 radical (unpaired) electrons. The van der Waals surface area contributed by atoms with Crippen LogP contribution in [0.4, 0.5) is 4.79 Å². The molecule has 0 unspecified atom stereocenters. The first kappa shape index (κ1) is 15.7. The van der Waals surface area contributed by atoms with E-state index in [-0.39, 0.29) is 11.4 Å². The van der Waals surface area contributed by atoms with E-state index in [1.165, 1.54) is 51.6 Å². The fourth-order valence-electron chi connectivity index (χ4n) is 4.89. The maximum atomic E-state index is 12.2. The molecule has 3 saturated carbocycles. The van der Waals surface area contributed by atoms with Crippen LogP contribution in [-0.4, -0.2) is 55.4 Å². The lowest BCUT2D eigenvalue weighted by Crippen LogP contribution is -2.68. The number of nitrogens with zero attached hydrogens (tertiary/aromatic N) is 1. The number of ether oxygens (including phenoxy) is 1. The summed E-state index contributed by atoms with van der Waals surface area (Å²) >= 11 is 0. The highest BCUT2D eigenvalue weighted by Gasteiger charge is 2.59. The molecule has 5 nitrogen and oxygen atoms in total. The summed E-state index contributed by atoms with van der Waals surface area (Å²) in [6.45, 7) is 6.06. The van der Waals surface area contributed by atoms with Crippen molar-refractivity contribution in [2.24, 2.45) is 11.3 Å². The molecular weight excluding hydrogens is 290 g/mol. The van der Waals surface area contributed by atoms with Gasteiger partial charge in [0.25, 0.3) is 0 Å². The second-order valence-electron chi connectivity index (χ2n) is 8.05. The number of rotatable bonds is 6. The average molecular weight is 321 g/mol. The molecule has 4 aliphatic rings. The summed E-state index contributed by atoms with van der Waals surface area (Å²) in [6, 6.07) is 1.21. The van der Waals surface area contributed by atoms with Crippen molar-refractivity contribution in [2.45, 2.75) is 70.1 Å². The zero-order valence-corrected chi connectivity index (χ0v) is 14.4. The Morgan fingerprint density at radius 1 is 1.30 bits per heavy atom. The normalized spacial score (nSPS) is 35.6. The minimum Gasteiger partial charge on any atom is -0.378 e. The van der Waals surface area contributed by atoms with Gasteiger partial charge in [0.2, 0.25) is 0 Å². The van der Waals surface area contributed by atoms with E-state index in [9.17, 15) is 4.79 Å². The Morgan fingerprint density at radius 3 is 2.78 bits per heavy atom. The lowest BCUT2D eigenvalue weighted by molar-refractivity contribution is -0.169. The lowest BCUT2D eigenvalue weighted by atomic mass is 9.51. The van der Waals surface area contributed by atoms with Crippen LogP contribution in [0.2, 0.25) is 0 Å². The quantitative estimate of drug-likeness (QED) is 0.788. The first-order valence-electron chi connectivity index (χ1n) is 9.61. The lowest BCUT2D eigenvalue weighted by Gasteiger charge is -2.60. The topological polar surface area (TPSA) is 53.6 Å². The first-order chi connectivity index (χ1) is 11.2. The van der Waals surface area contributed by atoms with Crippen LogP contribution in [0, 0.1) is 11.3 Å². The minimum atomic E-state index is 0.0288. The van der Waals surface area contributed by atoms with Crippen molar-refractivity contribution in [1.82, 2.24) is 15.5 Å². The molecule has 0 aromatic carbocycles. The minimum absolute atomic E-state index is 0.0288. The summed E-state index contributed by atoms with van der Waals surface area (Å²) in [5, 5.41) is 6.34. The first-order valence-corrected chi connectivity index (χ1v) is 9.61. The highest BCUT2D eigenvalue weighted by Crippen LogP contribution is 2.57. The second-order valence-corrected chi connectivity index (χ2v) is 8.05. The average Bonchev–Trinajstić information content (AvgIpc) is 3.21. The zero-order valence-electron chi connectivity index (χ0n) is 14.4. The summed E-state index contributed by atoms with van der Waals surface area (Å²) in [5.41, 5.74) is 0.253. The molecule has 0 aromatic rings. The highest BCUT2D eigenvalue weighted by molar-refractivity contribution is 5.74. The largest absolute Gasteiger partial charge is 0.378 e. The predicted octanol–water partition coefficient (Wildman–Crippen LogP) is 2.12. The molecule has 2 N–H and O–H groups in total. The van der Waals surface area contributed by atoms with E-state index < -0.39 is 0 Å². The van der Waals surface area contributed by atoms with E-state index in [0.29, 0.717) is 18.1 Å². The molecular formula is C18H31N3O2. The molecule has 4 rings (SSSR count). The molecule has 5 heteroatoms. The number of nitrogens with one attached hydrogen (secondary N) is 2. The van der Waals surface area contributed by atoms with Crippen LogP contribution in [0.25, 0.3) is 0 Å². The Hall–Kier alpha value is -0.810. The maximum absolute atomic E-state index is 12.2. The van der Waals surface area contributed by atoms with Gasteiger partial charge >= 0.3 is 6.03 Å². The summed E-state index contributed by atoms with van der Waals surface area (Å²) in [7, 11) is 0. The van der Waals surface area contributed by atoms with Gasteiger partial charge in [-0.05, 0) is 57.9 Å². The molecule has 2 amide bonds. The number of carbonyl (C=O) groups excluding carboxylic acids is 1. The molecule has 0 bridgehead atoms. The molecule has 1 saturated heterocycles. The van der Waals surface area contributed by atoms with E-state index >= 15 is 0 Å². The Morgan fingerprint density at radius 2 is 2.13 bits per heavy atom. The molecule has 3 atom stereocenters. The van der Waals surface area contributed by atoms with E-state index in [1.807, 2.05) is 0 Å². The molecule has 0 aromatic heterocycles. The van der Waals surface area contributed by atoms with Crippen LogP contribution >= 0.6 is 0 Å². The van der Waals surface area contributed by atoms with Crippen LogP contribution in [0.1, 0.15) is 51.9 Å². The van der Waals surface area contributed by atoms with Crippen LogP contribution in [-0.2, 0) is 4.74 Å². The van der Waals surface area contributed by atoms with Crippen molar-refractivity contribution in [3.05, 3.63) is 0 Å². The van der Waals surface area contributed by atoms with Gasteiger partial charge in [0.05, 0.1) is 6.10 Å². The van der Waals surface area contributed by atoms with E-state index in [0.717, 1.165) is 25.6 Å². The van der Waals surface area contributed by atoms with Gasteiger partial charge in [-0.1, -0.05) is 6.42 Å². The predicted molar refractivity (Wildman–Crippen MR) is 89.3 cm³/mol. The zero-order chi connectivity index (χ0) is 15.9. The second kappa shape index (κ2) is 6.25. The number of hydrogen-bond donors (Lipinski definition) is 2. The van der Waals surface area contributed by atoms with E-state index in [2.05, 4.69) is 22.5 Å². The fourth-order valence-corrected chi connectivity index (χ4v) is 4.89. The molecule has 1 heterocycles. The van der Waals surface area contributed by atoms with Gasteiger partial charge in [-0.25, -0.2) is 4.79 Å². The Bertz CT molecular complexity index is 448. The molecule has 3 aliphatic carbocycles. The number of hydrogen-bond acceptors (Lipinski definition) is 3. The number of likely N-dealkylation sites (tertiary alicyclic amines) is 1. The standard InChI is InChI=1S/C18H31N3O2/c1-2-23-16-10-15(18(16)7-3-8-18)20-17(22)19-11-13-6-9-21(12-13)14-4-5-14/h13-16H,2-12H2,1H3,(H2,19,20,22)/t13-,15-,16+/m0/s1. The Kier molecular flexibility index (Phi) is 4.26. The summed E-state index contributed by atoms with van der Waals surface area (Å²) in [4.78, 5) is 14.8. The molecule has 23 heavy (non-hydrogen) atoms. The number of carbonyl (C=O) groups is 1. The van der Waals surface area contributed by atoms with Gasteiger partial charge in [0.1, 0.15) is 0 Å². The molecule has 4 fully saturated rings.